The van der Waals surface area contributed by atoms with Crippen LogP contribution in [0, 0.1) is 25.2 Å². The summed E-state index contributed by atoms with van der Waals surface area (Å²) in [4.78, 5) is 0. The molecule has 2 heteroatoms. The molecule has 2 N–H and O–H groups in total. The summed E-state index contributed by atoms with van der Waals surface area (Å²) >= 11 is 0. The number of phenols is 1. The lowest BCUT2D eigenvalue weighted by Gasteiger charge is -2.38. The van der Waals surface area contributed by atoms with E-state index in [4.69, 9.17) is 0 Å². The molecule has 0 spiro atoms. The molecule has 20 heavy (non-hydrogen) atoms. The van der Waals surface area contributed by atoms with Crippen molar-refractivity contribution in [2.75, 3.05) is 0 Å². The number of allylic oxidation sites excluding steroid dienone is 4. The molecule has 1 aliphatic rings. The lowest BCUT2D eigenvalue weighted by Crippen LogP contribution is -2.28. The first-order valence-corrected chi connectivity index (χ1v) is 7.08. The van der Waals surface area contributed by atoms with Crippen LogP contribution in [0.2, 0.25) is 0 Å². The third kappa shape index (κ3) is 2.13. The van der Waals surface area contributed by atoms with Gasteiger partial charge in [-0.05, 0) is 66.2 Å². The molecule has 1 aliphatic carbocycles. The molecule has 0 aliphatic heterocycles. The van der Waals surface area contributed by atoms with Crippen LogP contribution >= 0.6 is 0 Å². The predicted octanol–water partition coefficient (Wildman–Crippen LogP) is 4.90. The molecule has 1 aromatic carbocycles. The van der Waals surface area contributed by atoms with E-state index in [-0.39, 0.29) is 11.3 Å². The van der Waals surface area contributed by atoms with Crippen LogP contribution in [0.25, 0.3) is 5.57 Å². The van der Waals surface area contributed by atoms with Crippen LogP contribution in [0.15, 0.2) is 29.5 Å². The Balaban J connectivity index is 2.65. The predicted molar refractivity (Wildman–Crippen MR) is 83.8 cm³/mol. The lowest BCUT2D eigenvalue weighted by atomic mass is 9.66. The Morgan fingerprint density at radius 2 is 1.50 bits per heavy atom. The molecule has 0 fully saturated rings. The van der Waals surface area contributed by atoms with Gasteiger partial charge in [-0.3, -0.25) is 0 Å². The fraction of sp³-hybridized carbons (Fsp3) is 0.444. The van der Waals surface area contributed by atoms with E-state index >= 15 is 0 Å². The number of hydrogen-bond donors (Lipinski definition) is 2. The second kappa shape index (κ2) is 4.69. The van der Waals surface area contributed by atoms with E-state index in [9.17, 15) is 10.2 Å². The first-order chi connectivity index (χ1) is 9.16. The maximum atomic E-state index is 10.2. The molecule has 0 bridgehead atoms. The van der Waals surface area contributed by atoms with E-state index in [0.717, 1.165) is 22.3 Å². The van der Waals surface area contributed by atoms with Gasteiger partial charge in [-0.1, -0.05) is 26.8 Å². The zero-order chi connectivity index (χ0) is 15.2. The van der Waals surface area contributed by atoms with Crippen LogP contribution < -0.4 is 0 Å². The summed E-state index contributed by atoms with van der Waals surface area (Å²) in [5.41, 5.74) is 4.91. The molecule has 1 atom stereocenters. The minimum Gasteiger partial charge on any atom is -0.512 e. The van der Waals surface area contributed by atoms with Gasteiger partial charge in [0.15, 0.2) is 0 Å². The molecular weight excluding hydrogens is 248 g/mol. The van der Waals surface area contributed by atoms with Crippen LogP contribution in [0.5, 0.6) is 5.75 Å². The van der Waals surface area contributed by atoms with Gasteiger partial charge in [0.2, 0.25) is 0 Å². The fourth-order valence-corrected chi connectivity index (χ4v) is 2.96. The minimum atomic E-state index is -0.139. The number of aliphatic hydroxyl groups excluding tert-OH is 1. The van der Waals surface area contributed by atoms with Gasteiger partial charge in [-0.2, -0.15) is 0 Å². The lowest BCUT2D eigenvalue weighted by molar-refractivity contribution is 0.245. The average molecular weight is 272 g/mol. The van der Waals surface area contributed by atoms with Gasteiger partial charge in [0.25, 0.3) is 0 Å². The number of hydrogen-bond acceptors (Lipinski definition) is 2. The maximum absolute atomic E-state index is 10.2. The summed E-state index contributed by atoms with van der Waals surface area (Å²) in [6.45, 7) is 12.2. The van der Waals surface area contributed by atoms with Crippen molar-refractivity contribution in [3.05, 3.63) is 46.2 Å². The van der Waals surface area contributed by atoms with Gasteiger partial charge in [-0.15, -0.1) is 0 Å². The van der Waals surface area contributed by atoms with E-state index in [1.54, 1.807) is 0 Å². The fourth-order valence-electron chi connectivity index (χ4n) is 2.96. The van der Waals surface area contributed by atoms with E-state index < -0.39 is 0 Å². The zero-order valence-electron chi connectivity index (χ0n) is 13.2. The summed E-state index contributed by atoms with van der Waals surface area (Å²) in [6.07, 6.45) is 2.07. The Kier molecular flexibility index (Phi) is 3.45. The van der Waals surface area contributed by atoms with Gasteiger partial charge in [0.05, 0.1) is 5.76 Å². The second-order valence-corrected chi connectivity index (χ2v) is 6.53. The molecule has 2 nitrogen and oxygen atoms in total. The highest BCUT2D eigenvalue weighted by Gasteiger charge is 2.37. The number of aryl methyl sites for hydroxylation is 2. The molecule has 0 saturated heterocycles. The van der Waals surface area contributed by atoms with Crippen molar-refractivity contribution in [2.45, 2.75) is 41.5 Å². The highest BCUT2D eigenvalue weighted by Crippen LogP contribution is 2.48. The Labute approximate surface area is 121 Å². The Morgan fingerprint density at radius 3 is 2.00 bits per heavy atom. The van der Waals surface area contributed by atoms with Crippen LogP contribution in [0.4, 0.5) is 0 Å². The summed E-state index contributed by atoms with van der Waals surface area (Å²) in [7, 11) is 0. The number of aromatic hydroxyl groups is 1. The van der Waals surface area contributed by atoms with Gasteiger partial charge >= 0.3 is 0 Å². The first-order valence-electron chi connectivity index (χ1n) is 7.08. The number of rotatable bonds is 1. The summed E-state index contributed by atoms with van der Waals surface area (Å²) in [5.74, 6) is 0.925. The molecule has 108 valence electrons. The highest BCUT2D eigenvalue weighted by molar-refractivity contribution is 5.76. The normalized spacial score (nSPS) is 21.9. The Hall–Kier alpha value is -1.70. The maximum Gasteiger partial charge on any atom is 0.121 e. The number of aliphatic hydroxyl groups is 1. The van der Waals surface area contributed by atoms with Gasteiger partial charge in [0.1, 0.15) is 5.75 Å². The topological polar surface area (TPSA) is 40.5 Å². The molecule has 0 aromatic heterocycles. The minimum absolute atomic E-state index is 0.0805. The molecule has 0 heterocycles. The largest absolute Gasteiger partial charge is 0.512 e. The van der Waals surface area contributed by atoms with E-state index in [2.05, 4.69) is 26.8 Å². The van der Waals surface area contributed by atoms with Gasteiger partial charge in [0, 0.05) is 5.92 Å². The number of phenolic OH excluding ortho intramolecular Hbond substituents is 1. The molecule has 1 unspecified atom stereocenters. The van der Waals surface area contributed by atoms with Crippen LogP contribution in [0.1, 0.15) is 44.4 Å². The molecule has 2 rings (SSSR count). The van der Waals surface area contributed by atoms with Crippen LogP contribution in [0.3, 0.4) is 0 Å². The SMILES string of the molecule is CC1=C(O)C(C)C(C)(C)C(c2cc(C)c(O)c(C)c2)=C1. The Morgan fingerprint density at radius 1 is 1.00 bits per heavy atom. The third-order valence-corrected chi connectivity index (χ3v) is 4.75. The smallest absolute Gasteiger partial charge is 0.121 e. The number of benzene rings is 1. The monoisotopic (exact) mass is 272 g/mol. The molecule has 0 amide bonds. The van der Waals surface area contributed by atoms with Crippen LogP contribution in [-0.4, -0.2) is 10.2 Å². The van der Waals surface area contributed by atoms with Crippen molar-refractivity contribution in [3.8, 4) is 5.75 Å². The van der Waals surface area contributed by atoms with E-state index in [1.165, 1.54) is 5.57 Å². The summed E-state index contributed by atoms with van der Waals surface area (Å²) in [6, 6.07) is 4.05. The summed E-state index contributed by atoms with van der Waals surface area (Å²) in [5, 5.41) is 20.1. The average Bonchev–Trinajstić information content (AvgIpc) is 2.37. The first kappa shape index (κ1) is 14.7. The van der Waals surface area contributed by atoms with Gasteiger partial charge in [-0.25, -0.2) is 0 Å². The zero-order valence-corrected chi connectivity index (χ0v) is 13.2. The van der Waals surface area contributed by atoms with Crippen LogP contribution in [-0.2, 0) is 0 Å². The van der Waals surface area contributed by atoms with Crippen molar-refractivity contribution < 1.29 is 10.2 Å². The molecule has 0 saturated carbocycles. The van der Waals surface area contributed by atoms with E-state index in [1.807, 2.05) is 32.9 Å². The van der Waals surface area contributed by atoms with E-state index in [0.29, 0.717) is 11.5 Å². The molecule has 0 radical (unpaired) electrons. The van der Waals surface area contributed by atoms with Crippen molar-refractivity contribution in [2.24, 2.45) is 11.3 Å². The molecular formula is C18H24O2. The summed E-state index contributed by atoms with van der Waals surface area (Å²) < 4.78 is 0. The second-order valence-electron chi connectivity index (χ2n) is 6.53. The van der Waals surface area contributed by atoms with Crippen molar-refractivity contribution in [3.63, 3.8) is 0 Å². The van der Waals surface area contributed by atoms with Gasteiger partial charge < -0.3 is 10.2 Å². The van der Waals surface area contributed by atoms with Crippen molar-refractivity contribution in [1.29, 1.82) is 0 Å². The quantitative estimate of drug-likeness (QED) is 0.763. The Bertz CT molecular complexity index is 595. The van der Waals surface area contributed by atoms with Crippen molar-refractivity contribution >= 4 is 5.57 Å². The standard InChI is InChI=1S/C18H24O2/c1-10-7-14(8-11(2)16(10)19)15-9-12(3)17(20)13(4)18(15,5)6/h7-9,13,19-20H,1-6H3. The van der Waals surface area contributed by atoms with Crippen molar-refractivity contribution in [1.82, 2.24) is 0 Å². The third-order valence-electron chi connectivity index (χ3n) is 4.75. The highest BCUT2D eigenvalue weighted by atomic mass is 16.3. The molecule has 1 aromatic rings.